The molecule has 0 radical (unpaired) electrons. The van der Waals surface area contributed by atoms with Crippen LogP contribution in [0, 0.1) is 6.92 Å². The highest BCUT2D eigenvalue weighted by Crippen LogP contribution is 2.39. The van der Waals surface area contributed by atoms with Crippen molar-refractivity contribution < 1.29 is 4.74 Å². The number of aromatic amines is 1. The van der Waals surface area contributed by atoms with Crippen LogP contribution in [0.15, 0.2) is 18.3 Å². The summed E-state index contributed by atoms with van der Waals surface area (Å²) < 4.78 is 5.63. The van der Waals surface area contributed by atoms with E-state index in [4.69, 9.17) is 10.5 Å². The van der Waals surface area contributed by atoms with Crippen LogP contribution >= 0.6 is 0 Å². The monoisotopic (exact) mass is 259 g/mol. The fourth-order valence-electron chi connectivity index (χ4n) is 2.22. The summed E-state index contributed by atoms with van der Waals surface area (Å²) in [5.74, 6) is 1.29. The molecule has 4 nitrogen and oxygen atoms in total. The number of H-pyrrole nitrogens is 1. The van der Waals surface area contributed by atoms with Gasteiger partial charge in [0, 0.05) is 11.1 Å². The molecule has 0 aliphatic heterocycles. The summed E-state index contributed by atoms with van der Waals surface area (Å²) in [5.41, 5.74) is 9.92. The first-order valence-electron chi connectivity index (χ1n) is 6.33. The molecule has 0 saturated heterocycles. The van der Waals surface area contributed by atoms with E-state index in [9.17, 15) is 0 Å². The second-order valence-electron chi connectivity index (χ2n) is 5.83. The molecule has 0 fully saturated rings. The summed E-state index contributed by atoms with van der Waals surface area (Å²) in [7, 11) is 1.70. The SMILES string of the molecule is COc1c(-c2cnc(N)[nH]2)cc(C)cc1C(C)(C)C. The number of benzene rings is 1. The van der Waals surface area contributed by atoms with E-state index >= 15 is 0 Å². The van der Waals surface area contributed by atoms with Crippen molar-refractivity contribution in [3.63, 3.8) is 0 Å². The van der Waals surface area contributed by atoms with Gasteiger partial charge in [0.25, 0.3) is 0 Å². The van der Waals surface area contributed by atoms with Gasteiger partial charge in [0.2, 0.25) is 0 Å². The number of nitrogens with one attached hydrogen (secondary N) is 1. The predicted molar refractivity (Wildman–Crippen MR) is 78.4 cm³/mol. The van der Waals surface area contributed by atoms with Gasteiger partial charge in [-0.05, 0) is 24.0 Å². The number of imidazole rings is 1. The smallest absolute Gasteiger partial charge is 0.197 e. The highest BCUT2D eigenvalue weighted by molar-refractivity contribution is 5.71. The van der Waals surface area contributed by atoms with Gasteiger partial charge in [0.15, 0.2) is 5.95 Å². The van der Waals surface area contributed by atoms with Crippen molar-refractivity contribution in [3.05, 3.63) is 29.5 Å². The molecule has 2 aromatic rings. The van der Waals surface area contributed by atoms with Crippen LogP contribution in [0.3, 0.4) is 0 Å². The van der Waals surface area contributed by atoms with Gasteiger partial charge < -0.3 is 15.5 Å². The quantitative estimate of drug-likeness (QED) is 0.870. The maximum atomic E-state index is 5.66. The van der Waals surface area contributed by atoms with Crippen molar-refractivity contribution in [2.24, 2.45) is 0 Å². The van der Waals surface area contributed by atoms with Gasteiger partial charge in [0.1, 0.15) is 5.75 Å². The summed E-state index contributed by atoms with van der Waals surface area (Å²) in [4.78, 5) is 7.12. The third kappa shape index (κ3) is 2.57. The minimum absolute atomic E-state index is 0.0116. The van der Waals surface area contributed by atoms with E-state index in [2.05, 4.69) is 49.8 Å². The molecule has 1 heterocycles. The number of nitrogens with two attached hydrogens (primary N) is 1. The molecule has 0 atom stereocenters. The van der Waals surface area contributed by atoms with Crippen LogP contribution in [0.4, 0.5) is 5.95 Å². The Balaban J connectivity index is 2.70. The molecule has 0 unspecified atom stereocenters. The Morgan fingerprint density at radius 3 is 2.42 bits per heavy atom. The number of methoxy groups -OCH3 is 1. The average molecular weight is 259 g/mol. The Kier molecular flexibility index (Phi) is 3.27. The van der Waals surface area contributed by atoms with Crippen LogP contribution in [-0.2, 0) is 5.41 Å². The number of nitrogen functional groups attached to an aromatic ring is 1. The third-order valence-electron chi connectivity index (χ3n) is 3.13. The molecular formula is C15H21N3O. The van der Waals surface area contributed by atoms with Crippen LogP contribution in [0.5, 0.6) is 5.75 Å². The Morgan fingerprint density at radius 1 is 1.26 bits per heavy atom. The number of rotatable bonds is 2. The van der Waals surface area contributed by atoms with E-state index in [1.165, 1.54) is 11.1 Å². The average Bonchev–Trinajstić information content (AvgIpc) is 2.73. The van der Waals surface area contributed by atoms with Crippen LogP contribution < -0.4 is 10.5 Å². The second kappa shape index (κ2) is 4.61. The Morgan fingerprint density at radius 2 is 1.95 bits per heavy atom. The molecule has 0 aliphatic carbocycles. The van der Waals surface area contributed by atoms with E-state index in [1.54, 1.807) is 13.3 Å². The van der Waals surface area contributed by atoms with E-state index in [-0.39, 0.29) is 5.41 Å². The lowest BCUT2D eigenvalue weighted by molar-refractivity contribution is 0.399. The van der Waals surface area contributed by atoms with E-state index in [0.29, 0.717) is 5.95 Å². The number of ether oxygens (including phenoxy) is 1. The van der Waals surface area contributed by atoms with Gasteiger partial charge in [-0.1, -0.05) is 26.8 Å². The van der Waals surface area contributed by atoms with Gasteiger partial charge in [-0.15, -0.1) is 0 Å². The zero-order chi connectivity index (χ0) is 14.2. The summed E-state index contributed by atoms with van der Waals surface area (Å²) in [6, 6.07) is 4.25. The molecule has 19 heavy (non-hydrogen) atoms. The van der Waals surface area contributed by atoms with Gasteiger partial charge in [0.05, 0.1) is 19.0 Å². The molecule has 1 aromatic carbocycles. The topological polar surface area (TPSA) is 63.9 Å². The minimum Gasteiger partial charge on any atom is -0.496 e. The molecule has 3 N–H and O–H groups in total. The zero-order valence-electron chi connectivity index (χ0n) is 12.2. The number of nitrogens with zero attached hydrogens (tertiary/aromatic N) is 1. The first-order chi connectivity index (χ1) is 8.82. The van der Waals surface area contributed by atoms with Crippen molar-refractivity contribution >= 4 is 5.95 Å². The molecule has 4 heteroatoms. The fourth-order valence-corrected chi connectivity index (χ4v) is 2.22. The molecular weight excluding hydrogens is 238 g/mol. The molecule has 0 spiro atoms. The summed E-state index contributed by atoms with van der Waals surface area (Å²) in [5, 5.41) is 0. The van der Waals surface area contributed by atoms with Crippen molar-refractivity contribution in [2.75, 3.05) is 12.8 Å². The van der Waals surface area contributed by atoms with Gasteiger partial charge in [-0.3, -0.25) is 0 Å². The molecule has 0 aliphatic rings. The van der Waals surface area contributed by atoms with Gasteiger partial charge in [-0.2, -0.15) is 0 Å². The van der Waals surface area contributed by atoms with Crippen LogP contribution in [0.2, 0.25) is 0 Å². The molecule has 2 rings (SSSR count). The van der Waals surface area contributed by atoms with Crippen LogP contribution in [-0.4, -0.2) is 17.1 Å². The van der Waals surface area contributed by atoms with Crippen LogP contribution in [0.25, 0.3) is 11.3 Å². The molecule has 0 bridgehead atoms. The first-order valence-corrected chi connectivity index (χ1v) is 6.33. The largest absolute Gasteiger partial charge is 0.496 e. The van der Waals surface area contributed by atoms with Crippen molar-refractivity contribution in [1.29, 1.82) is 0 Å². The zero-order valence-corrected chi connectivity index (χ0v) is 12.2. The number of hydrogen-bond donors (Lipinski definition) is 2. The molecule has 0 amide bonds. The normalized spacial score (nSPS) is 11.6. The summed E-state index contributed by atoms with van der Waals surface area (Å²) in [6.45, 7) is 8.61. The van der Waals surface area contributed by atoms with Crippen molar-refractivity contribution in [1.82, 2.24) is 9.97 Å². The second-order valence-corrected chi connectivity index (χ2v) is 5.83. The lowest BCUT2D eigenvalue weighted by Gasteiger charge is -2.24. The van der Waals surface area contributed by atoms with Gasteiger partial charge in [-0.25, -0.2) is 4.98 Å². The number of hydrogen-bond acceptors (Lipinski definition) is 3. The fraction of sp³-hybridized carbons (Fsp3) is 0.400. The summed E-state index contributed by atoms with van der Waals surface area (Å²) in [6.07, 6.45) is 1.74. The maximum Gasteiger partial charge on any atom is 0.197 e. The van der Waals surface area contributed by atoms with E-state index < -0.39 is 0 Å². The highest BCUT2D eigenvalue weighted by Gasteiger charge is 2.22. The maximum absolute atomic E-state index is 5.66. The van der Waals surface area contributed by atoms with Crippen molar-refractivity contribution in [2.45, 2.75) is 33.1 Å². The molecule has 1 aromatic heterocycles. The standard InChI is InChI=1S/C15H21N3O/c1-9-6-10(12-8-17-14(16)18-12)13(19-5)11(7-9)15(2,3)4/h6-8H,1-5H3,(H3,16,17,18). The van der Waals surface area contributed by atoms with Gasteiger partial charge >= 0.3 is 0 Å². The highest BCUT2D eigenvalue weighted by atomic mass is 16.5. The van der Waals surface area contributed by atoms with Crippen molar-refractivity contribution in [3.8, 4) is 17.0 Å². The molecule has 0 saturated carbocycles. The third-order valence-corrected chi connectivity index (χ3v) is 3.13. The predicted octanol–water partition coefficient (Wildman–Crippen LogP) is 3.27. The summed E-state index contributed by atoms with van der Waals surface area (Å²) >= 11 is 0. The lowest BCUT2D eigenvalue weighted by Crippen LogP contribution is -2.13. The van der Waals surface area contributed by atoms with Crippen LogP contribution in [0.1, 0.15) is 31.9 Å². The van der Waals surface area contributed by atoms with E-state index in [0.717, 1.165) is 17.0 Å². The Hall–Kier alpha value is -1.97. The molecule has 102 valence electrons. The lowest BCUT2D eigenvalue weighted by atomic mass is 9.83. The van der Waals surface area contributed by atoms with E-state index in [1.807, 2.05) is 0 Å². The number of aryl methyl sites for hydroxylation is 1. The minimum atomic E-state index is 0.0116. The Labute approximate surface area is 114 Å². The first kappa shape index (κ1) is 13.5. The number of aromatic nitrogens is 2. The number of anilines is 1. The Bertz CT molecular complexity index is 594.